The van der Waals surface area contributed by atoms with Gasteiger partial charge in [0.25, 0.3) is 0 Å². The molecule has 0 aromatic carbocycles. The summed E-state index contributed by atoms with van der Waals surface area (Å²) in [6.45, 7) is 16.0. The highest BCUT2D eigenvalue weighted by Crippen LogP contribution is 2.76. The average Bonchev–Trinajstić information content (AvgIpc) is 3.60. The van der Waals surface area contributed by atoms with Crippen molar-refractivity contribution in [2.24, 2.45) is 45.3 Å². The van der Waals surface area contributed by atoms with Crippen LogP contribution in [0.3, 0.4) is 0 Å². The van der Waals surface area contributed by atoms with Crippen molar-refractivity contribution in [3.63, 3.8) is 0 Å². The molecule has 9 N–H and O–H groups in total. The van der Waals surface area contributed by atoms with E-state index in [1.165, 1.54) is 0 Å². The molecule has 3 heterocycles. The minimum atomic E-state index is -1.61. The zero-order chi connectivity index (χ0) is 40.4. The van der Waals surface area contributed by atoms with Crippen LogP contribution in [-0.2, 0) is 23.7 Å². The molecule has 4 aliphatic carbocycles. The summed E-state index contributed by atoms with van der Waals surface area (Å²) in [5.74, 6) is -0.122. The fraction of sp³-hybridized carbons (Fsp3) is 1.00. The van der Waals surface area contributed by atoms with Gasteiger partial charge in [-0.2, -0.15) is 0 Å². The van der Waals surface area contributed by atoms with Crippen molar-refractivity contribution >= 4 is 0 Å². The van der Waals surface area contributed by atoms with Crippen molar-refractivity contribution in [2.45, 2.75) is 198 Å². The minimum absolute atomic E-state index is 0.0607. The molecule has 0 amide bonds. The SMILES string of the molecule is CC(C)(O)[C@H]1CC[C@](C)([C@@H]2[C@H](O)C[C@]3(C)[C@H]4C[C@H](O[C@H]5O[C@@H](CO)[C@H](O)[C@@H](O)[C@@H]5O)[C@@H]5C(C)(C)[C@@H](O[C@@H]6OC[C@@H](O)[C@H](O)[C@@H]6O)CC[C@@]5(C)[C@@H]4CC[C@@]23C)O1. The Morgan fingerprint density at radius 3 is 2.00 bits per heavy atom. The maximum atomic E-state index is 12.2. The fourth-order valence-electron chi connectivity index (χ4n) is 14.1. The van der Waals surface area contributed by atoms with Crippen molar-refractivity contribution in [1.29, 1.82) is 0 Å². The second-order valence-electron chi connectivity index (χ2n) is 20.8. The molecule has 14 nitrogen and oxygen atoms in total. The van der Waals surface area contributed by atoms with Gasteiger partial charge in [0.1, 0.15) is 42.7 Å². The van der Waals surface area contributed by atoms with E-state index in [0.29, 0.717) is 25.7 Å². The quantitative estimate of drug-likeness (QED) is 0.164. The maximum absolute atomic E-state index is 12.2. The van der Waals surface area contributed by atoms with Crippen molar-refractivity contribution < 1.29 is 69.6 Å². The number of fused-ring (bicyclic) bond motifs is 5. The lowest BCUT2D eigenvalue weighted by Crippen LogP contribution is -2.68. The third-order valence-corrected chi connectivity index (χ3v) is 17.0. The largest absolute Gasteiger partial charge is 0.394 e. The Morgan fingerprint density at radius 2 is 1.36 bits per heavy atom. The molecule has 0 radical (unpaired) electrons. The Bertz CT molecular complexity index is 1390. The lowest BCUT2D eigenvalue weighted by Gasteiger charge is -2.69. The molecule has 14 heteroatoms. The summed E-state index contributed by atoms with van der Waals surface area (Å²) in [6.07, 6.45) is -8.85. The summed E-state index contributed by atoms with van der Waals surface area (Å²) in [7, 11) is 0. The first-order chi connectivity index (χ1) is 25.4. The molecular weight excluding hydrogens is 716 g/mol. The summed E-state index contributed by atoms with van der Waals surface area (Å²) < 4.78 is 31.8. The number of hydrogen-bond donors (Lipinski definition) is 9. The van der Waals surface area contributed by atoms with Gasteiger partial charge in [-0.1, -0.05) is 34.6 Å². The van der Waals surface area contributed by atoms with E-state index in [2.05, 4.69) is 41.5 Å². The highest BCUT2D eigenvalue weighted by atomic mass is 16.7. The summed E-state index contributed by atoms with van der Waals surface area (Å²) >= 11 is 0. The summed E-state index contributed by atoms with van der Waals surface area (Å²) in [5.41, 5.74) is -3.33. The smallest absolute Gasteiger partial charge is 0.186 e. The van der Waals surface area contributed by atoms with Gasteiger partial charge in [0.15, 0.2) is 12.6 Å². The van der Waals surface area contributed by atoms with Crippen LogP contribution in [0, 0.1) is 45.3 Å². The monoisotopic (exact) mass is 786 g/mol. The van der Waals surface area contributed by atoms with Gasteiger partial charge < -0.3 is 69.6 Å². The molecule has 3 aliphatic heterocycles. The standard InChI is InChI=1S/C41H70O14/c1-36(2)25(54-34-30(48)27(45)22(44)18-51-34)10-12-38(5)19-9-13-39(6)32(41(8)14-11-26(55-41)37(3,4)50)21(43)16-40(39,7)20(19)15-23(33(36)38)52-35-31(49)29(47)28(46)24(17-42)53-35/h19-35,42-50H,9-18H2,1-8H3/t19-,20+,21-,22-,23+,24+,25+,26-,27+,28+,29-,30+,31+,32-,33-,34+,35+,38+,39+,40-,41-/m1/s1. The molecule has 0 spiro atoms. The fourth-order valence-corrected chi connectivity index (χ4v) is 14.1. The Hall–Kier alpha value is -0.560. The van der Waals surface area contributed by atoms with Crippen molar-refractivity contribution in [3.8, 4) is 0 Å². The molecule has 7 fully saturated rings. The number of ether oxygens (including phenoxy) is 5. The minimum Gasteiger partial charge on any atom is -0.394 e. The lowest BCUT2D eigenvalue weighted by molar-refractivity contribution is -0.347. The first kappa shape index (κ1) is 42.6. The Kier molecular flexibility index (Phi) is 11.1. The van der Waals surface area contributed by atoms with Crippen molar-refractivity contribution in [1.82, 2.24) is 0 Å². The molecule has 4 saturated carbocycles. The van der Waals surface area contributed by atoms with Gasteiger partial charge in [-0.15, -0.1) is 0 Å². The summed E-state index contributed by atoms with van der Waals surface area (Å²) in [6, 6.07) is 0. The predicted octanol–water partition coefficient (Wildman–Crippen LogP) is 0.970. The van der Waals surface area contributed by atoms with Crippen LogP contribution in [0.5, 0.6) is 0 Å². The molecule has 0 aromatic rings. The normalized spacial score (nSPS) is 56.8. The van der Waals surface area contributed by atoms with Crippen LogP contribution >= 0.6 is 0 Å². The van der Waals surface area contributed by atoms with Gasteiger partial charge in [-0.3, -0.25) is 0 Å². The van der Waals surface area contributed by atoms with Crippen LogP contribution in [0.2, 0.25) is 0 Å². The summed E-state index contributed by atoms with van der Waals surface area (Å²) in [4.78, 5) is 0. The Balaban J connectivity index is 1.24. The Morgan fingerprint density at radius 1 is 0.691 bits per heavy atom. The first-order valence-electron chi connectivity index (χ1n) is 20.8. The maximum Gasteiger partial charge on any atom is 0.186 e. The highest BCUT2D eigenvalue weighted by molar-refractivity contribution is 5.22. The van der Waals surface area contributed by atoms with Gasteiger partial charge >= 0.3 is 0 Å². The zero-order valence-corrected chi connectivity index (χ0v) is 34.0. The number of rotatable bonds is 7. The van der Waals surface area contributed by atoms with Gasteiger partial charge in [0.05, 0.1) is 48.8 Å². The topological polar surface area (TPSA) is 228 Å². The van der Waals surface area contributed by atoms with E-state index in [4.69, 9.17) is 23.7 Å². The predicted molar refractivity (Wildman–Crippen MR) is 196 cm³/mol. The Labute approximate surface area is 325 Å². The van der Waals surface area contributed by atoms with Crippen LogP contribution < -0.4 is 0 Å². The lowest BCUT2D eigenvalue weighted by atomic mass is 9.37. The van der Waals surface area contributed by atoms with Crippen LogP contribution in [0.25, 0.3) is 0 Å². The number of aliphatic hydroxyl groups is 9. The molecule has 0 aromatic heterocycles. The van der Waals surface area contributed by atoms with E-state index in [9.17, 15) is 46.0 Å². The number of hydrogen-bond acceptors (Lipinski definition) is 14. The molecule has 3 saturated heterocycles. The van der Waals surface area contributed by atoms with Crippen LogP contribution in [0.15, 0.2) is 0 Å². The molecule has 55 heavy (non-hydrogen) atoms. The van der Waals surface area contributed by atoms with E-state index in [1.807, 2.05) is 0 Å². The van der Waals surface area contributed by atoms with E-state index >= 15 is 0 Å². The second-order valence-corrected chi connectivity index (χ2v) is 20.8. The molecular formula is C41H70O14. The van der Waals surface area contributed by atoms with Gasteiger partial charge in [-0.05, 0) is 112 Å². The van der Waals surface area contributed by atoms with Crippen LogP contribution in [0.1, 0.15) is 107 Å². The van der Waals surface area contributed by atoms with E-state index < -0.39 is 96.8 Å². The zero-order valence-electron chi connectivity index (χ0n) is 34.0. The molecule has 0 unspecified atom stereocenters. The summed E-state index contributed by atoms with van der Waals surface area (Å²) in [5, 5.41) is 97.1. The van der Waals surface area contributed by atoms with Gasteiger partial charge in [0.2, 0.25) is 0 Å². The number of aliphatic hydroxyl groups excluding tert-OH is 8. The van der Waals surface area contributed by atoms with Gasteiger partial charge in [0, 0.05) is 5.92 Å². The van der Waals surface area contributed by atoms with Crippen LogP contribution in [0.4, 0.5) is 0 Å². The van der Waals surface area contributed by atoms with E-state index in [1.54, 1.807) is 13.8 Å². The third kappa shape index (κ3) is 6.50. The highest BCUT2D eigenvalue weighted by Gasteiger charge is 2.74. The molecule has 7 rings (SSSR count). The van der Waals surface area contributed by atoms with Gasteiger partial charge in [-0.25, -0.2) is 0 Å². The van der Waals surface area contributed by atoms with Crippen molar-refractivity contribution in [2.75, 3.05) is 13.2 Å². The molecule has 318 valence electrons. The second kappa shape index (κ2) is 14.3. The van der Waals surface area contributed by atoms with Crippen LogP contribution in [-0.4, -0.2) is 150 Å². The van der Waals surface area contributed by atoms with E-state index in [-0.39, 0.29) is 52.6 Å². The first-order valence-corrected chi connectivity index (χ1v) is 20.8. The molecule has 21 atom stereocenters. The van der Waals surface area contributed by atoms with E-state index in [0.717, 1.165) is 25.7 Å². The third-order valence-electron chi connectivity index (χ3n) is 17.0. The van der Waals surface area contributed by atoms with Crippen molar-refractivity contribution in [3.05, 3.63) is 0 Å². The average molecular weight is 787 g/mol. The molecule has 0 bridgehead atoms. The molecule has 7 aliphatic rings.